The summed E-state index contributed by atoms with van der Waals surface area (Å²) in [5.74, 6) is -1.25. The van der Waals surface area contributed by atoms with Crippen molar-refractivity contribution < 1.29 is 22.8 Å². The minimum Gasteiger partial charge on any atom is -0.494 e. The summed E-state index contributed by atoms with van der Waals surface area (Å²) in [6.07, 6.45) is 0. The number of methoxy groups -OCH3 is 1. The molecule has 5 nitrogen and oxygen atoms in total. The van der Waals surface area contributed by atoms with Crippen molar-refractivity contribution in [3.63, 3.8) is 0 Å². The Morgan fingerprint density at radius 2 is 2.00 bits per heavy atom. The first-order chi connectivity index (χ1) is 13.3. The number of rotatable bonds is 5. The van der Waals surface area contributed by atoms with Gasteiger partial charge in [0.05, 0.1) is 17.7 Å². The van der Waals surface area contributed by atoms with Crippen LogP contribution in [0, 0.1) is 18.6 Å². The van der Waals surface area contributed by atoms with E-state index in [1.165, 1.54) is 42.3 Å². The Kier molecular flexibility index (Phi) is 5.65. The molecule has 0 saturated carbocycles. The number of amides is 1. The van der Waals surface area contributed by atoms with Gasteiger partial charge in [-0.15, -0.1) is 0 Å². The molecule has 0 atom stereocenters. The van der Waals surface area contributed by atoms with Crippen molar-refractivity contribution in [1.82, 2.24) is 10.1 Å². The lowest BCUT2D eigenvalue weighted by Gasteiger charge is -2.18. The molecule has 0 spiro atoms. The SMILES string of the molecule is COc1ccc(CN(C)C(=O)c2c(-c3c(F)cccc3Cl)noc2C)cc1F. The van der Waals surface area contributed by atoms with Crippen LogP contribution in [0.25, 0.3) is 11.3 Å². The Bertz CT molecular complexity index is 1020. The predicted octanol–water partition coefficient (Wildman–Crippen LogP) is 4.86. The fourth-order valence-corrected chi connectivity index (χ4v) is 3.12. The second-order valence-electron chi connectivity index (χ2n) is 6.19. The molecule has 8 heteroatoms. The maximum absolute atomic E-state index is 14.3. The van der Waals surface area contributed by atoms with E-state index in [-0.39, 0.29) is 39.9 Å². The Labute approximate surface area is 165 Å². The molecule has 28 heavy (non-hydrogen) atoms. The number of aryl methyl sites for hydroxylation is 1. The van der Waals surface area contributed by atoms with Crippen LogP contribution in [0.1, 0.15) is 21.7 Å². The zero-order valence-corrected chi connectivity index (χ0v) is 16.2. The third-order valence-electron chi connectivity index (χ3n) is 4.26. The molecule has 0 fully saturated rings. The predicted molar refractivity (Wildman–Crippen MR) is 100 cm³/mol. The Hall–Kier alpha value is -2.93. The first kappa shape index (κ1) is 19.8. The zero-order valence-electron chi connectivity index (χ0n) is 15.4. The minimum atomic E-state index is -0.616. The summed E-state index contributed by atoms with van der Waals surface area (Å²) in [5, 5.41) is 3.94. The van der Waals surface area contributed by atoms with E-state index < -0.39 is 17.5 Å². The molecule has 2 aromatic carbocycles. The average molecular weight is 407 g/mol. The molecule has 1 aromatic heterocycles. The number of halogens is 3. The Morgan fingerprint density at radius 1 is 1.25 bits per heavy atom. The molecule has 0 aliphatic heterocycles. The number of hydrogen-bond acceptors (Lipinski definition) is 4. The second kappa shape index (κ2) is 7.98. The van der Waals surface area contributed by atoms with Crippen LogP contribution in [0.15, 0.2) is 40.9 Å². The van der Waals surface area contributed by atoms with Crippen molar-refractivity contribution in [3.05, 3.63) is 69.9 Å². The van der Waals surface area contributed by atoms with Crippen molar-refractivity contribution in [2.75, 3.05) is 14.2 Å². The van der Waals surface area contributed by atoms with Gasteiger partial charge in [0.15, 0.2) is 11.6 Å². The van der Waals surface area contributed by atoms with Crippen LogP contribution in [-0.4, -0.2) is 30.1 Å². The summed E-state index contributed by atoms with van der Waals surface area (Å²) in [6, 6.07) is 8.61. The van der Waals surface area contributed by atoms with Gasteiger partial charge >= 0.3 is 0 Å². The van der Waals surface area contributed by atoms with Crippen LogP contribution in [0.2, 0.25) is 5.02 Å². The topological polar surface area (TPSA) is 55.6 Å². The molecule has 0 aliphatic carbocycles. The van der Waals surface area contributed by atoms with Gasteiger partial charge in [-0.3, -0.25) is 4.79 Å². The average Bonchev–Trinajstić information content (AvgIpc) is 3.02. The van der Waals surface area contributed by atoms with Gasteiger partial charge in [-0.1, -0.05) is 28.9 Å². The highest BCUT2D eigenvalue weighted by Crippen LogP contribution is 2.34. The molecule has 1 amide bonds. The van der Waals surface area contributed by atoms with Gasteiger partial charge in [0.25, 0.3) is 5.91 Å². The van der Waals surface area contributed by atoms with Crippen LogP contribution in [0.3, 0.4) is 0 Å². The lowest BCUT2D eigenvalue weighted by molar-refractivity contribution is 0.0784. The zero-order chi connectivity index (χ0) is 20.4. The molecule has 0 N–H and O–H groups in total. The molecule has 3 aromatic rings. The lowest BCUT2D eigenvalue weighted by Crippen LogP contribution is -2.27. The summed E-state index contributed by atoms with van der Waals surface area (Å²) in [4.78, 5) is 14.4. The normalized spacial score (nSPS) is 10.8. The molecule has 146 valence electrons. The number of benzene rings is 2. The lowest BCUT2D eigenvalue weighted by atomic mass is 10.0. The Morgan fingerprint density at radius 3 is 2.64 bits per heavy atom. The first-order valence-electron chi connectivity index (χ1n) is 8.32. The third kappa shape index (κ3) is 3.71. The van der Waals surface area contributed by atoms with Crippen molar-refractivity contribution in [1.29, 1.82) is 0 Å². The molecule has 0 bridgehead atoms. The van der Waals surface area contributed by atoms with Crippen LogP contribution in [0.4, 0.5) is 8.78 Å². The van der Waals surface area contributed by atoms with Crippen molar-refractivity contribution in [2.24, 2.45) is 0 Å². The molecule has 0 unspecified atom stereocenters. The molecule has 3 rings (SSSR count). The quantitative estimate of drug-likeness (QED) is 0.607. The van der Waals surface area contributed by atoms with Gasteiger partial charge in [0.1, 0.15) is 22.8 Å². The second-order valence-corrected chi connectivity index (χ2v) is 6.60. The monoisotopic (exact) mass is 406 g/mol. The van der Waals surface area contributed by atoms with E-state index in [2.05, 4.69) is 5.16 Å². The van der Waals surface area contributed by atoms with Crippen LogP contribution in [0.5, 0.6) is 5.75 Å². The number of carbonyl (C=O) groups is 1. The van der Waals surface area contributed by atoms with Gasteiger partial charge in [0, 0.05) is 13.6 Å². The van der Waals surface area contributed by atoms with Crippen molar-refractivity contribution in [2.45, 2.75) is 13.5 Å². The van der Waals surface area contributed by atoms with Crippen molar-refractivity contribution in [3.8, 4) is 17.0 Å². The van der Waals surface area contributed by atoms with E-state index in [0.29, 0.717) is 5.56 Å². The standard InChI is InChI=1S/C20H17ClF2N2O3/c1-11-17(19(24-28-11)18-13(21)5-4-6-14(18)22)20(26)25(2)10-12-7-8-16(27-3)15(23)9-12/h4-9H,10H2,1-3H3. The summed E-state index contributed by atoms with van der Waals surface area (Å²) in [5.41, 5.74) is 0.684. The van der Waals surface area contributed by atoms with E-state index in [1.807, 2.05) is 0 Å². The van der Waals surface area contributed by atoms with E-state index in [0.717, 1.165) is 0 Å². The maximum Gasteiger partial charge on any atom is 0.259 e. The molecular formula is C20H17ClF2N2O3. The highest BCUT2D eigenvalue weighted by atomic mass is 35.5. The molecular weight excluding hydrogens is 390 g/mol. The van der Waals surface area contributed by atoms with E-state index in [9.17, 15) is 13.6 Å². The molecule has 0 saturated heterocycles. The van der Waals surface area contributed by atoms with Crippen LogP contribution >= 0.6 is 11.6 Å². The highest BCUT2D eigenvalue weighted by molar-refractivity contribution is 6.33. The smallest absolute Gasteiger partial charge is 0.259 e. The minimum absolute atomic E-state index is 0.00624. The first-order valence-corrected chi connectivity index (χ1v) is 8.69. The maximum atomic E-state index is 14.3. The summed E-state index contributed by atoms with van der Waals surface area (Å²) >= 11 is 6.11. The number of carbonyl (C=O) groups excluding carboxylic acids is 1. The van der Waals surface area contributed by atoms with Crippen molar-refractivity contribution >= 4 is 17.5 Å². The van der Waals surface area contributed by atoms with E-state index in [1.54, 1.807) is 20.0 Å². The number of aromatic nitrogens is 1. The third-order valence-corrected chi connectivity index (χ3v) is 4.57. The van der Waals surface area contributed by atoms with Gasteiger partial charge in [-0.25, -0.2) is 8.78 Å². The largest absolute Gasteiger partial charge is 0.494 e. The highest BCUT2D eigenvalue weighted by Gasteiger charge is 2.27. The fourth-order valence-electron chi connectivity index (χ4n) is 2.86. The summed E-state index contributed by atoms with van der Waals surface area (Å²) < 4.78 is 38.2. The van der Waals surface area contributed by atoms with Crippen LogP contribution in [-0.2, 0) is 6.54 Å². The number of ether oxygens (including phenoxy) is 1. The van der Waals surface area contributed by atoms with Crippen LogP contribution < -0.4 is 4.74 Å². The fraction of sp³-hybridized carbons (Fsp3) is 0.200. The van der Waals surface area contributed by atoms with Gasteiger partial charge in [-0.05, 0) is 36.8 Å². The van der Waals surface area contributed by atoms with E-state index in [4.69, 9.17) is 20.9 Å². The Balaban J connectivity index is 1.93. The number of nitrogens with zero attached hydrogens (tertiary/aromatic N) is 2. The van der Waals surface area contributed by atoms with E-state index >= 15 is 0 Å². The van der Waals surface area contributed by atoms with Gasteiger partial charge in [-0.2, -0.15) is 0 Å². The van der Waals surface area contributed by atoms with Gasteiger partial charge in [0.2, 0.25) is 0 Å². The molecule has 0 radical (unpaired) electrons. The molecule has 1 heterocycles. The molecule has 0 aliphatic rings. The summed E-state index contributed by atoms with van der Waals surface area (Å²) in [6.45, 7) is 1.67. The summed E-state index contributed by atoms with van der Waals surface area (Å²) in [7, 11) is 2.92. The number of hydrogen-bond donors (Lipinski definition) is 0. The van der Waals surface area contributed by atoms with Gasteiger partial charge < -0.3 is 14.2 Å².